The van der Waals surface area contributed by atoms with Crippen LogP contribution in [0.5, 0.6) is 0 Å². The van der Waals surface area contributed by atoms with E-state index >= 15 is 0 Å². The van der Waals surface area contributed by atoms with Gasteiger partial charge in [0.1, 0.15) is 0 Å². The molecule has 1 saturated heterocycles. The summed E-state index contributed by atoms with van der Waals surface area (Å²) in [5.74, 6) is 0. The molecule has 1 N–H and O–H groups in total. The van der Waals surface area contributed by atoms with E-state index in [1.807, 2.05) is 12.1 Å². The van der Waals surface area contributed by atoms with Gasteiger partial charge in [-0.25, -0.2) is 0 Å². The van der Waals surface area contributed by atoms with Crippen LogP contribution >= 0.6 is 11.6 Å². The summed E-state index contributed by atoms with van der Waals surface area (Å²) in [6.07, 6.45) is 3.90. The van der Waals surface area contributed by atoms with Gasteiger partial charge in [0.05, 0.1) is 0 Å². The summed E-state index contributed by atoms with van der Waals surface area (Å²) in [6, 6.07) is 8.19. The fourth-order valence-corrected chi connectivity index (χ4v) is 3.54. The Hall–Kier alpha value is -0.570. The minimum absolute atomic E-state index is 0.474. The molecule has 1 heterocycles. The van der Waals surface area contributed by atoms with Crippen molar-refractivity contribution in [1.82, 2.24) is 10.2 Å². The Morgan fingerprint density at radius 1 is 1.42 bits per heavy atom. The summed E-state index contributed by atoms with van der Waals surface area (Å²) in [7, 11) is 2.22. The Balaban J connectivity index is 1.94. The zero-order valence-corrected chi connectivity index (χ0v) is 12.8. The van der Waals surface area contributed by atoms with Crippen LogP contribution in [0.1, 0.15) is 31.7 Å². The quantitative estimate of drug-likeness (QED) is 0.857. The highest BCUT2D eigenvalue weighted by Crippen LogP contribution is 2.32. The van der Waals surface area contributed by atoms with Gasteiger partial charge in [0.2, 0.25) is 0 Å². The third-order valence-electron chi connectivity index (χ3n) is 4.06. The second-order valence-corrected chi connectivity index (χ2v) is 6.42. The summed E-state index contributed by atoms with van der Waals surface area (Å²) in [4.78, 5) is 2.44. The molecule has 3 heteroatoms. The van der Waals surface area contributed by atoms with Crippen LogP contribution in [0.4, 0.5) is 0 Å². The van der Waals surface area contributed by atoms with Gasteiger partial charge in [0.15, 0.2) is 0 Å². The highest BCUT2D eigenvalue weighted by molar-refractivity contribution is 6.30. The van der Waals surface area contributed by atoms with Crippen molar-refractivity contribution in [1.29, 1.82) is 0 Å². The average molecular weight is 281 g/mol. The molecule has 19 heavy (non-hydrogen) atoms. The number of nitrogens with zero attached hydrogens (tertiary/aromatic N) is 1. The lowest BCUT2D eigenvalue weighted by Gasteiger charge is -2.33. The average Bonchev–Trinajstić information content (AvgIpc) is 2.77. The van der Waals surface area contributed by atoms with Gasteiger partial charge in [-0.15, -0.1) is 0 Å². The lowest BCUT2D eigenvalue weighted by Crippen LogP contribution is -2.37. The van der Waals surface area contributed by atoms with Crippen molar-refractivity contribution < 1.29 is 0 Å². The molecular weight excluding hydrogens is 256 g/mol. The Kier molecular flexibility index (Phi) is 5.26. The minimum Gasteiger partial charge on any atom is -0.316 e. The molecule has 1 aromatic rings. The van der Waals surface area contributed by atoms with E-state index in [0.29, 0.717) is 5.41 Å². The van der Waals surface area contributed by atoms with Gasteiger partial charge in [0.25, 0.3) is 0 Å². The summed E-state index contributed by atoms with van der Waals surface area (Å²) in [6.45, 7) is 6.77. The first kappa shape index (κ1) is 14.8. The maximum atomic E-state index is 6.05. The van der Waals surface area contributed by atoms with E-state index in [1.54, 1.807) is 0 Å². The first-order chi connectivity index (χ1) is 9.13. The summed E-state index contributed by atoms with van der Waals surface area (Å²) < 4.78 is 0. The number of hydrogen-bond acceptors (Lipinski definition) is 2. The third-order valence-corrected chi connectivity index (χ3v) is 4.29. The van der Waals surface area contributed by atoms with E-state index in [2.05, 4.69) is 36.3 Å². The SMILES string of the molecule is CCCC1(CN(C)Cc2cccc(Cl)c2)CCNC1. The second-order valence-electron chi connectivity index (χ2n) is 5.98. The first-order valence-corrected chi connectivity index (χ1v) is 7.65. The van der Waals surface area contributed by atoms with Gasteiger partial charge in [0, 0.05) is 24.7 Å². The number of halogens is 1. The van der Waals surface area contributed by atoms with Gasteiger partial charge in [-0.1, -0.05) is 37.1 Å². The predicted molar refractivity (Wildman–Crippen MR) is 82.6 cm³/mol. The second kappa shape index (κ2) is 6.74. The van der Waals surface area contributed by atoms with E-state index in [4.69, 9.17) is 11.6 Å². The summed E-state index contributed by atoms with van der Waals surface area (Å²) >= 11 is 6.05. The molecule has 0 spiro atoms. The zero-order valence-electron chi connectivity index (χ0n) is 12.1. The Morgan fingerprint density at radius 3 is 2.89 bits per heavy atom. The molecule has 1 fully saturated rings. The zero-order chi connectivity index (χ0) is 13.7. The van der Waals surface area contributed by atoms with Gasteiger partial charge in [-0.05, 0) is 49.5 Å². The van der Waals surface area contributed by atoms with E-state index in [0.717, 1.165) is 11.6 Å². The Bertz CT molecular complexity index is 399. The smallest absolute Gasteiger partial charge is 0.0409 e. The molecule has 0 aliphatic carbocycles. The maximum Gasteiger partial charge on any atom is 0.0409 e. The number of rotatable bonds is 6. The standard InChI is InChI=1S/C16H25ClN2/c1-3-7-16(8-9-18-12-16)13-19(2)11-14-5-4-6-15(17)10-14/h4-6,10,18H,3,7-9,11-13H2,1-2H3. The van der Waals surface area contributed by atoms with E-state index < -0.39 is 0 Å². The van der Waals surface area contributed by atoms with E-state index in [-0.39, 0.29) is 0 Å². The Labute approximate surface area is 122 Å². The number of benzene rings is 1. The van der Waals surface area contributed by atoms with Crippen LogP contribution in [-0.4, -0.2) is 31.6 Å². The lowest BCUT2D eigenvalue weighted by molar-refractivity contribution is 0.172. The molecule has 106 valence electrons. The molecule has 1 atom stereocenters. The fourth-order valence-electron chi connectivity index (χ4n) is 3.33. The molecule has 0 bridgehead atoms. The van der Waals surface area contributed by atoms with Crippen molar-refractivity contribution in [3.05, 3.63) is 34.9 Å². The molecule has 1 aliphatic heterocycles. The molecule has 1 aliphatic rings. The number of hydrogen-bond donors (Lipinski definition) is 1. The van der Waals surface area contributed by atoms with Crippen molar-refractivity contribution >= 4 is 11.6 Å². The van der Waals surface area contributed by atoms with Gasteiger partial charge >= 0.3 is 0 Å². The molecule has 0 aromatic heterocycles. The van der Waals surface area contributed by atoms with Gasteiger partial charge < -0.3 is 10.2 Å². The van der Waals surface area contributed by atoms with E-state index in [1.165, 1.54) is 44.5 Å². The molecule has 0 radical (unpaired) electrons. The molecule has 0 saturated carbocycles. The van der Waals surface area contributed by atoms with Crippen LogP contribution in [0.15, 0.2) is 24.3 Å². The van der Waals surface area contributed by atoms with Crippen molar-refractivity contribution in [2.45, 2.75) is 32.7 Å². The van der Waals surface area contributed by atoms with Gasteiger partial charge in [-0.2, -0.15) is 0 Å². The molecule has 1 aromatic carbocycles. The Morgan fingerprint density at radius 2 is 2.26 bits per heavy atom. The molecule has 2 rings (SSSR count). The van der Waals surface area contributed by atoms with Crippen LogP contribution in [0.2, 0.25) is 5.02 Å². The lowest BCUT2D eigenvalue weighted by atomic mass is 9.82. The van der Waals surface area contributed by atoms with Crippen LogP contribution in [0.3, 0.4) is 0 Å². The highest BCUT2D eigenvalue weighted by Gasteiger charge is 2.33. The molecule has 0 amide bonds. The van der Waals surface area contributed by atoms with Crippen LogP contribution < -0.4 is 5.32 Å². The summed E-state index contributed by atoms with van der Waals surface area (Å²) in [5.41, 5.74) is 1.77. The monoisotopic (exact) mass is 280 g/mol. The molecular formula is C16H25ClN2. The van der Waals surface area contributed by atoms with Crippen LogP contribution in [-0.2, 0) is 6.54 Å². The van der Waals surface area contributed by atoms with Gasteiger partial charge in [-0.3, -0.25) is 0 Å². The minimum atomic E-state index is 0.474. The van der Waals surface area contributed by atoms with E-state index in [9.17, 15) is 0 Å². The van der Waals surface area contributed by atoms with Crippen molar-refractivity contribution in [3.8, 4) is 0 Å². The van der Waals surface area contributed by atoms with Crippen molar-refractivity contribution in [3.63, 3.8) is 0 Å². The first-order valence-electron chi connectivity index (χ1n) is 7.27. The highest BCUT2D eigenvalue weighted by atomic mass is 35.5. The predicted octanol–water partition coefficient (Wildman–Crippen LogP) is 3.55. The molecule has 1 unspecified atom stereocenters. The topological polar surface area (TPSA) is 15.3 Å². The van der Waals surface area contributed by atoms with Crippen LogP contribution in [0, 0.1) is 5.41 Å². The summed E-state index contributed by atoms with van der Waals surface area (Å²) in [5, 5.41) is 4.36. The normalized spacial score (nSPS) is 23.2. The maximum absolute atomic E-state index is 6.05. The number of nitrogens with one attached hydrogen (secondary N) is 1. The van der Waals surface area contributed by atoms with Crippen molar-refractivity contribution in [2.75, 3.05) is 26.7 Å². The largest absolute Gasteiger partial charge is 0.316 e. The molecule has 2 nitrogen and oxygen atoms in total. The van der Waals surface area contributed by atoms with Crippen LogP contribution in [0.25, 0.3) is 0 Å². The fraction of sp³-hybridized carbons (Fsp3) is 0.625. The third kappa shape index (κ3) is 4.20. The van der Waals surface area contributed by atoms with Crippen molar-refractivity contribution in [2.24, 2.45) is 5.41 Å².